The SMILES string of the molecule is CNCC(=O)c1ccc(S(=O)(=O)C2CC2)c(Br)c1. The molecule has 0 aromatic heterocycles. The molecule has 0 saturated heterocycles. The van der Waals surface area contributed by atoms with Crippen molar-refractivity contribution in [3.63, 3.8) is 0 Å². The van der Waals surface area contributed by atoms with Crippen molar-refractivity contribution < 1.29 is 13.2 Å². The lowest BCUT2D eigenvalue weighted by atomic mass is 10.1. The van der Waals surface area contributed by atoms with E-state index in [9.17, 15) is 13.2 Å². The van der Waals surface area contributed by atoms with E-state index in [2.05, 4.69) is 21.2 Å². The molecule has 0 bridgehead atoms. The van der Waals surface area contributed by atoms with Crippen molar-refractivity contribution >= 4 is 31.6 Å². The van der Waals surface area contributed by atoms with Crippen LogP contribution >= 0.6 is 15.9 Å². The minimum Gasteiger partial charge on any atom is -0.313 e. The summed E-state index contributed by atoms with van der Waals surface area (Å²) < 4.78 is 24.7. The Kier molecular flexibility index (Phi) is 3.89. The Balaban J connectivity index is 2.33. The van der Waals surface area contributed by atoms with Crippen LogP contribution in [0.3, 0.4) is 0 Å². The number of carbonyl (C=O) groups excluding carboxylic acids is 1. The summed E-state index contributed by atoms with van der Waals surface area (Å²) in [5, 5.41) is 2.53. The zero-order chi connectivity index (χ0) is 13.3. The van der Waals surface area contributed by atoms with Crippen LogP contribution in [0.25, 0.3) is 0 Å². The van der Waals surface area contributed by atoms with E-state index in [0.717, 1.165) is 12.8 Å². The Hall–Kier alpha value is -0.720. The number of likely N-dealkylation sites (N-methyl/N-ethyl adjacent to an activating group) is 1. The van der Waals surface area contributed by atoms with Crippen molar-refractivity contribution in [2.75, 3.05) is 13.6 Å². The summed E-state index contributed by atoms with van der Waals surface area (Å²) in [6, 6.07) is 4.66. The van der Waals surface area contributed by atoms with Gasteiger partial charge in [0.2, 0.25) is 0 Å². The number of carbonyl (C=O) groups is 1. The minimum atomic E-state index is -3.23. The fraction of sp³-hybridized carbons (Fsp3) is 0.417. The van der Waals surface area contributed by atoms with Crippen LogP contribution in [0.1, 0.15) is 23.2 Å². The first-order valence-electron chi connectivity index (χ1n) is 5.68. The van der Waals surface area contributed by atoms with Crippen LogP contribution in [0.15, 0.2) is 27.6 Å². The highest BCUT2D eigenvalue weighted by atomic mass is 79.9. The van der Waals surface area contributed by atoms with E-state index < -0.39 is 9.84 Å². The summed E-state index contributed by atoms with van der Waals surface area (Å²) >= 11 is 3.25. The molecule has 0 atom stereocenters. The van der Waals surface area contributed by atoms with Gasteiger partial charge < -0.3 is 5.32 Å². The van der Waals surface area contributed by atoms with E-state index in [1.54, 1.807) is 19.2 Å². The van der Waals surface area contributed by atoms with E-state index in [0.29, 0.717) is 10.0 Å². The highest BCUT2D eigenvalue weighted by molar-refractivity contribution is 9.10. The van der Waals surface area contributed by atoms with Gasteiger partial charge in [-0.2, -0.15) is 0 Å². The van der Waals surface area contributed by atoms with Crippen LogP contribution in [0.4, 0.5) is 0 Å². The molecule has 1 aliphatic rings. The van der Waals surface area contributed by atoms with Gasteiger partial charge in [-0.1, -0.05) is 0 Å². The van der Waals surface area contributed by atoms with E-state index in [-0.39, 0.29) is 22.5 Å². The van der Waals surface area contributed by atoms with Crippen LogP contribution in [0.5, 0.6) is 0 Å². The maximum atomic E-state index is 12.1. The second kappa shape index (κ2) is 5.11. The number of hydrogen-bond donors (Lipinski definition) is 1. The molecular formula is C12H14BrNO3S. The number of rotatable bonds is 5. The molecule has 0 aliphatic heterocycles. The maximum absolute atomic E-state index is 12.1. The van der Waals surface area contributed by atoms with Gasteiger partial charge in [-0.15, -0.1) is 0 Å². The molecule has 0 unspecified atom stereocenters. The van der Waals surface area contributed by atoms with E-state index in [1.165, 1.54) is 6.07 Å². The summed E-state index contributed by atoms with van der Waals surface area (Å²) in [5.74, 6) is -0.0615. The summed E-state index contributed by atoms with van der Waals surface area (Å²) in [6.45, 7) is 0.237. The Labute approximate surface area is 115 Å². The Morgan fingerprint density at radius 1 is 1.44 bits per heavy atom. The molecule has 18 heavy (non-hydrogen) atoms. The van der Waals surface area contributed by atoms with Gasteiger partial charge in [0.05, 0.1) is 16.7 Å². The first-order chi connectivity index (χ1) is 8.46. The topological polar surface area (TPSA) is 63.2 Å². The van der Waals surface area contributed by atoms with E-state index in [4.69, 9.17) is 0 Å². The average Bonchev–Trinajstić information content (AvgIpc) is 3.12. The number of ketones is 1. The molecular weight excluding hydrogens is 318 g/mol. The van der Waals surface area contributed by atoms with Crippen LogP contribution in [-0.2, 0) is 9.84 Å². The number of halogens is 1. The maximum Gasteiger partial charge on any atom is 0.182 e. The molecule has 0 radical (unpaired) electrons. The minimum absolute atomic E-state index is 0.0615. The molecule has 6 heteroatoms. The van der Waals surface area contributed by atoms with Crippen LogP contribution < -0.4 is 5.32 Å². The highest BCUT2D eigenvalue weighted by Gasteiger charge is 2.37. The van der Waals surface area contributed by atoms with Crippen molar-refractivity contribution in [1.29, 1.82) is 0 Å². The van der Waals surface area contributed by atoms with Crippen LogP contribution in [-0.4, -0.2) is 33.0 Å². The number of benzene rings is 1. The number of sulfone groups is 1. The summed E-state index contributed by atoms with van der Waals surface area (Å²) in [4.78, 5) is 12.0. The number of Topliss-reactive ketones (excluding diaryl/α,β-unsaturated/α-hetero) is 1. The third-order valence-electron chi connectivity index (χ3n) is 2.86. The first kappa shape index (κ1) is 13.7. The van der Waals surface area contributed by atoms with E-state index >= 15 is 0 Å². The number of nitrogens with one attached hydrogen (secondary N) is 1. The van der Waals surface area contributed by atoms with Crippen LogP contribution in [0, 0.1) is 0 Å². The second-order valence-electron chi connectivity index (χ2n) is 4.34. The third kappa shape index (κ3) is 2.65. The molecule has 1 aromatic carbocycles. The lowest BCUT2D eigenvalue weighted by Gasteiger charge is -2.07. The molecule has 1 aromatic rings. The molecule has 0 heterocycles. The van der Waals surface area contributed by atoms with Crippen molar-refractivity contribution in [2.45, 2.75) is 23.0 Å². The summed E-state index contributed by atoms with van der Waals surface area (Å²) in [5.41, 5.74) is 0.506. The van der Waals surface area contributed by atoms with Crippen molar-refractivity contribution in [3.05, 3.63) is 28.2 Å². The molecule has 4 nitrogen and oxygen atoms in total. The molecule has 98 valence electrons. The fourth-order valence-corrected chi connectivity index (χ4v) is 4.49. The zero-order valence-electron chi connectivity index (χ0n) is 9.94. The molecule has 0 amide bonds. The van der Waals surface area contributed by atoms with Gasteiger partial charge in [0.1, 0.15) is 0 Å². The largest absolute Gasteiger partial charge is 0.313 e. The standard InChI is InChI=1S/C12H14BrNO3S/c1-14-7-11(15)8-2-5-12(10(13)6-8)18(16,17)9-3-4-9/h2,5-6,9,14H,3-4,7H2,1H3. The van der Waals surface area contributed by atoms with Gasteiger partial charge in [-0.25, -0.2) is 8.42 Å². The molecule has 1 aliphatic carbocycles. The van der Waals surface area contributed by atoms with Crippen molar-refractivity contribution in [3.8, 4) is 0 Å². The molecule has 2 rings (SSSR count). The van der Waals surface area contributed by atoms with Gasteiger partial charge in [-0.05, 0) is 54.0 Å². The average molecular weight is 332 g/mol. The van der Waals surface area contributed by atoms with E-state index in [1.807, 2.05) is 0 Å². The fourth-order valence-electron chi connectivity index (χ4n) is 1.73. The molecule has 0 spiro atoms. The monoisotopic (exact) mass is 331 g/mol. The first-order valence-corrected chi connectivity index (χ1v) is 8.02. The second-order valence-corrected chi connectivity index (χ2v) is 7.39. The van der Waals surface area contributed by atoms with Crippen LogP contribution in [0.2, 0.25) is 0 Å². The highest BCUT2D eigenvalue weighted by Crippen LogP contribution is 2.36. The van der Waals surface area contributed by atoms with Crippen molar-refractivity contribution in [1.82, 2.24) is 5.32 Å². The summed E-state index contributed by atoms with van der Waals surface area (Å²) in [7, 11) is -1.53. The third-order valence-corrected chi connectivity index (χ3v) is 6.10. The predicted octanol–water partition coefficient (Wildman–Crippen LogP) is 1.79. The smallest absolute Gasteiger partial charge is 0.182 e. The lowest BCUT2D eigenvalue weighted by Crippen LogP contribution is -2.18. The van der Waals surface area contributed by atoms with Gasteiger partial charge in [0.15, 0.2) is 15.6 Å². The zero-order valence-corrected chi connectivity index (χ0v) is 12.3. The Morgan fingerprint density at radius 2 is 2.11 bits per heavy atom. The predicted molar refractivity (Wildman–Crippen MR) is 72.6 cm³/mol. The Bertz CT molecular complexity index is 579. The normalized spacial score (nSPS) is 15.7. The molecule has 1 N–H and O–H groups in total. The molecule has 1 saturated carbocycles. The lowest BCUT2D eigenvalue weighted by molar-refractivity contribution is 0.0993. The molecule has 1 fully saturated rings. The quantitative estimate of drug-likeness (QED) is 0.835. The summed E-state index contributed by atoms with van der Waals surface area (Å²) in [6.07, 6.45) is 1.46. The number of hydrogen-bond acceptors (Lipinski definition) is 4. The van der Waals surface area contributed by atoms with Gasteiger partial charge >= 0.3 is 0 Å². The van der Waals surface area contributed by atoms with Gasteiger partial charge in [0.25, 0.3) is 0 Å². The van der Waals surface area contributed by atoms with Gasteiger partial charge in [-0.3, -0.25) is 4.79 Å². The Morgan fingerprint density at radius 3 is 2.61 bits per heavy atom. The van der Waals surface area contributed by atoms with Gasteiger partial charge in [0, 0.05) is 10.0 Å². The van der Waals surface area contributed by atoms with Crippen molar-refractivity contribution in [2.24, 2.45) is 0 Å².